The molecule has 1 spiro atoms. The molecule has 2 saturated heterocycles. The van der Waals surface area contributed by atoms with E-state index in [0.29, 0.717) is 6.10 Å². The lowest BCUT2D eigenvalue weighted by Crippen LogP contribution is -2.40. The summed E-state index contributed by atoms with van der Waals surface area (Å²) in [4.78, 5) is 2.46. The van der Waals surface area contributed by atoms with Crippen molar-refractivity contribution in [3.8, 4) is 0 Å². The third-order valence-electron chi connectivity index (χ3n) is 3.41. The fourth-order valence-electron chi connectivity index (χ4n) is 2.22. The van der Waals surface area contributed by atoms with Crippen molar-refractivity contribution in [3.05, 3.63) is 0 Å². The number of rotatable bonds is 3. The zero-order chi connectivity index (χ0) is 9.31. The molecule has 0 bridgehead atoms. The number of epoxide rings is 1. The van der Waals surface area contributed by atoms with Crippen molar-refractivity contribution >= 4 is 0 Å². The minimum Gasteiger partial charge on any atom is -0.383 e. The van der Waals surface area contributed by atoms with Crippen LogP contribution in [0, 0.1) is 0 Å². The predicted molar refractivity (Wildman–Crippen MR) is 50.8 cm³/mol. The molecule has 2 aliphatic heterocycles. The van der Waals surface area contributed by atoms with Crippen LogP contribution in [-0.4, -0.2) is 50.0 Å². The molecule has 13 heavy (non-hydrogen) atoms. The summed E-state index contributed by atoms with van der Waals surface area (Å²) in [5.74, 6) is 0. The summed E-state index contributed by atoms with van der Waals surface area (Å²) in [7, 11) is 1.76. The summed E-state index contributed by atoms with van der Waals surface area (Å²) in [6, 6.07) is 0. The highest BCUT2D eigenvalue weighted by Gasteiger charge is 2.53. The molecule has 0 N–H and O–H groups in total. The summed E-state index contributed by atoms with van der Waals surface area (Å²) in [6.45, 7) is 6.45. The molecule has 3 heteroatoms. The van der Waals surface area contributed by atoms with E-state index in [0.717, 1.165) is 13.2 Å². The minimum atomic E-state index is 0.281. The van der Waals surface area contributed by atoms with Crippen LogP contribution in [0.15, 0.2) is 0 Å². The first-order chi connectivity index (χ1) is 6.27. The molecule has 0 radical (unpaired) electrons. The van der Waals surface area contributed by atoms with Gasteiger partial charge < -0.3 is 14.4 Å². The first-order valence-electron chi connectivity index (χ1n) is 5.16. The first-order valence-corrected chi connectivity index (χ1v) is 5.16. The predicted octanol–water partition coefficient (Wildman–Crippen LogP) is 0.886. The average molecular weight is 185 g/mol. The third-order valence-corrected chi connectivity index (χ3v) is 3.41. The molecular weight excluding hydrogens is 166 g/mol. The van der Waals surface area contributed by atoms with E-state index in [1.807, 2.05) is 0 Å². The fourth-order valence-corrected chi connectivity index (χ4v) is 2.22. The maximum Gasteiger partial charge on any atom is 0.0969 e. The van der Waals surface area contributed by atoms with Gasteiger partial charge in [0.15, 0.2) is 0 Å². The van der Waals surface area contributed by atoms with Crippen LogP contribution >= 0.6 is 0 Å². The molecule has 0 saturated carbocycles. The van der Waals surface area contributed by atoms with Gasteiger partial charge in [0.05, 0.1) is 18.3 Å². The second-order valence-corrected chi connectivity index (χ2v) is 4.16. The molecular formula is C10H19NO2. The molecule has 1 unspecified atom stereocenters. The molecule has 0 aromatic carbocycles. The van der Waals surface area contributed by atoms with Gasteiger partial charge in [-0.3, -0.25) is 0 Å². The van der Waals surface area contributed by atoms with Crippen LogP contribution in [0.4, 0.5) is 0 Å². The Morgan fingerprint density at radius 1 is 1.46 bits per heavy atom. The Kier molecular flexibility index (Phi) is 2.58. The lowest BCUT2D eigenvalue weighted by Gasteiger charge is -2.30. The fraction of sp³-hybridized carbons (Fsp3) is 1.00. The first kappa shape index (κ1) is 9.44. The molecule has 0 aromatic rings. The van der Waals surface area contributed by atoms with E-state index in [1.165, 1.54) is 25.9 Å². The number of ether oxygens (including phenoxy) is 2. The Morgan fingerprint density at radius 2 is 2.08 bits per heavy atom. The molecule has 0 aliphatic carbocycles. The molecule has 0 aromatic heterocycles. The monoisotopic (exact) mass is 185 g/mol. The molecule has 2 fully saturated rings. The largest absolute Gasteiger partial charge is 0.383 e. The molecule has 2 heterocycles. The third kappa shape index (κ3) is 1.87. The highest BCUT2D eigenvalue weighted by molar-refractivity contribution is 5.03. The van der Waals surface area contributed by atoms with Gasteiger partial charge in [0.2, 0.25) is 0 Å². The molecule has 0 amide bonds. The number of piperidine rings is 1. The second-order valence-electron chi connectivity index (χ2n) is 4.16. The average Bonchev–Trinajstić information content (AvgIpc) is 2.76. The second kappa shape index (κ2) is 3.56. The molecule has 1 atom stereocenters. The van der Waals surface area contributed by atoms with Gasteiger partial charge in [0.1, 0.15) is 0 Å². The summed E-state index contributed by atoms with van der Waals surface area (Å²) < 4.78 is 10.7. The highest BCUT2D eigenvalue weighted by Crippen LogP contribution is 2.44. The van der Waals surface area contributed by atoms with Crippen molar-refractivity contribution in [3.63, 3.8) is 0 Å². The van der Waals surface area contributed by atoms with E-state index in [9.17, 15) is 0 Å². The normalized spacial score (nSPS) is 32.3. The van der Waals surface area contributed by atoms with E-state index in [2.05, 4.69) is 11.8 Å². The Hall–Kier alpha value is -0.120. The van der Waals surface area contributed by atoms with Gasteiger partial charge in [0, 0.05) is 26.7 Å². The van der Waals surface area contributed by atoms with Gasteiger partial charge in [-0.25, -0.2) is 0 Å². The Morgan fingerprint density at radius 3 is 2.54 bits per heavy atom. The summed E-state index contributed by atoms with van der Waals surface area (Å²) >= 11 is 0. The maximum absolute atomic E-state index is 5.64. The van der Waals surface area contributed by atoms with E-state index in [-0.39, 0.29) is 5.60 Å². The van der Waals surface area contributed by atoms with Crippen molar-refractivity contribution in [1.82, 2.24) is 4.90 Å². The Labute approximate surface area is 80.0 Å². The van der Waals surface area contributed by atoms with Crippen LogP contribution in [0.1, 0.15) is 19.8 Å². The van der Waals surface area contributed by atoms with Crippen molar-refractivity contribution in [1.29, 1.82) is 0 Å². The Bertz CT molecular complexity index is 176. The van der Waals surface area contributed by atoms with Crippen LogP contribution in [-0.2, 0) is 9.47 Å². The van der Waals surface area contributed by atoms with E-state index >= 15 is 0 Å². The standard InChI is InChI=1S/C10H19NO2/c1-9-10(13-9)3-5-11(6-4-10)7-8-12-2/h9H,3-8H2,1-2H3. The lowest BCUT2D eigenvalue weighted by molar-refractivity contribution is 0.106. The van der Waals surface area contributed by atoms with Crippen molar-refractivity contribution in [2.24, 2.45) is 0 Å². The summed E-state index contributed by atoms with van der Waals surface area (Å²) in [5, 5.41) is 0. The molecule has 2 rings (SSSR count). The van der Waals surface area contributed by atoms with E-state index < -0.39 is 0 Å². The van der Waals surface area contributed by atoms with Gasteiger partial charge in [-0.2, -0.15) is 0 Å². The van der Waals surface area contributed by atoms with Crippen LogP contribution in [0.2, 0.25) is 0 Å². The number of hydrogen-bond acceptors (Lipinski definition) is 3. The summed E-state index contributed by atoms with van der Waals surface area (Å²) in [6.07, 6.45) is 2.92. The lowest BCUT2D eigenvalue weighted by atomic mass is 9.94. The van der Waals surface area contributed by atoms with Crippen LogP contribution in [0.25, 0.3) is 0 Å². The van der Waals surface area contributed by atoms with Crippen molar-refractivity contribution < 1.29 is 9.47 Å². The van der Waals surface area contributed by atoms with Crippen LogP contribution in [0.3, 0.4) is 0 Å². The van der Waals surface area contributed by atoms with Gasteiger partial charge in [-0.05, 0) is 19.8 Å². The van der Waals surface area contributed by atoms with Crippen molar-refractivity contribution in [2.75, 3.05) is 33.4 Å². The minimum absolute atomic E-state index is 0.281. The van der Waals surface area contributed by atoms with Gasteiger partial charge in [-0.1, -0.05) is 0 Å². The van der Waals surface area contributed by atoms with Crippen LogP contribution in [0.5, 0.6) is 0 Å². The Balaban J connectivity index is 1.71. The van der Waals surface area contributed by atoms with Gasteiger partial charge in [0.25, 0.3) is 0 Å². The maximum atomic E-state index is 5.64. The highest BCUT2D eigenvalue weighted by atomic mass is 16.6. The number of nitrogens with zero attached hydrogens (tertiary/aromatic N) is 1. The molecule has 76 valence electrons. The van der Waals surface area contributed by atoms with Gasteiger partial charge in [-0.15, -0.1) is 0 Å². The topological polar surface area (TPSA) is 25.0 Å². The number of methoxy groups -OCH3 is 1. The van der Waals surface area contributed by atoms with E-state index in [1.54, 1.807) is 7.11 Å². The number of likely N-dealkylation sites (tertiary alicyclic amines) is 1. The van der Waals surface area contributed by atoms with Crippen molar-refractivity contribution in [2.45, 2.75) is 31.5 Å². The molecule has 3 nitrogen and oxygen atoms in total. The van der Waals surface area contributed by atoms with E-state index in [4.69, 9.17) is 9.47 Å². The zero-order valence-corrected chi connectivity index (χ0v) is 8.58. The quantitative estimate of drug-likeness (QED) is 0.610. The SMILES string of the molecule is COCCN1CCC2(CC1)OC2C. The van der Waals surface area contributed by atoms with Crippen LogP contribution < -0.4 is 0 Å². The number of hydrogen-bond donors (Lipinski definition) is 0. The molecule has 2 aliphatic rings. The summed E-state index contributed by atoms with van der Waals surface area (Å²) in [5.41, 5.74) is 0.281. The smallest absolute Gasteiger partial charge is 0.0969 e. The van der Waals surface area contributed by atoms with Gasteiger partial charge >= 0.3 is 0 Å². The zero-order valence-electron chi connectivity index (χ0n) is 8.58.